The van der Waals surface area contributed by atoms with Crippen molar-refractivity contribution in [3.63, 3.8) is 0 Å². The van der Waals surface area contributed by atoms with Gasteiger partial charge in [0.25, 0.3) is 0 Å². The van der Waals surface area contributed by atoms with E-state index in [1.807, 2.05) is 0 Å². The second kappa shape index (κ2) is 5.89. The first kappa shape index (κ1) is 10.1. The molecular weight excluding hydrogens is 144 g/mol. The second-order valence-electron chi connectivity index (χ2n) is 2.50. The molecule has 0 saturated heterocycles. The van der Waals surface area contributed by atoms with Crippen molar-refractivity contribution in [3.8, 4) is 0 Å². The average molecular weight is 158 g/mol. The van der Waals surface area contributed by atoms with Crippen molar-refractivity contribution < 1.29 is 14.3 Å². The highest BCUT2D eigenvalue weighted by Crippen LogP contribution is 1.96. The molecule has 3 nitrogen and oxygen atoms in total. The second-order valence-corrected chi connectivity index (χ2v) is 2.50. The van der Waals surface area contributed by atoms with Gasteiger partial charge in [-0.3, -0.25) is 4.79 Å². The third-order valence-corrected chi connectivity index (χ3v) is 1.23. The summed E-state index contributed by atoms with van der Waals surface area (Å²) < 4.78 is 4.67. The monoisotopic (exact) mass is 158 g/mol. The van der Waals surface area contributed by atoms with Crippen LogP contribution in [0.3, 0.4) is 0 Å². The van der Waals surface area contributed by atoms with E-state index in [4.69, 9.17) is 0 Å². The van der Waals surface area contributed by atoms with Crippen LogP contribution in [0.2, 0.25) is 0 Å². The van der Waals surface area contributed by atoms with Gasteiger partial charge in [-0.1, -0.05) is 0 Å². The highest BCUT2D eigenvalue weighted by Gasteiger charge is 1.95. The molecule has 0 aliphatic heterocycles. The molecule has 11 heavy (non-hydrogen) atoms. The fraction of sp³-hybridized carbons (Fsp3) is 0.750. The summed E-state index contributed by atoms with van der Waals surface area (Å²) >= 11 is 0. The van der Waals surface area contributed by atoms with Gasteiger partial charge in [0.2, 0.25) is 0 Å². The number of carbonyl (C=O) groups excluding carboxylic acids is 2. The molecule has 0 aromatic rings. The molecule has 0 aromatic heterocycles. The Kier molecular flexibility index (Phi) is 5.43. The zero-order chi connectivity index (χ0) is 8.69. The minimum atomic E-state index is -0.257. The first-order valence-electron chi connectivity index (χ1n) is 3.75. The minimum absolute atomic E-state index is 0.188. The SMILES string of the molecule is CC(=O)CCCCOC(C)=O. The Morgan fingerprint density at radius 2 is 1.82 bits per heavy atom. The lowest BCUT2D eigenvalue weighted by atomic mass is 10.2. The summed E-state index contributed by atoms with van der Waals surface area (Å²) in [6, 6.07) is 0. The molecule has 0 fully saturated rings. The predicted molar refractivity (Wildman–Crippen MR) is 41.2 cm³/mol. The van der Waals surface area contributed by atoms with E-state index in [1.54, 1.807) is 6.92 Å². The first-order valence-corrected chi connectivity index (χ1v) is 3.75. The Morgan fingerprint density at radius 3 is 2.27 bits per heavy atom. The fourth-order valence-corrected chi connectivity index (χ4v) is 0.692. The average Bonchev–Trinajstić information content (AvgIpc) is 1.85. The van der Waals surface area contributed by atoms with Crippen molar-refractivity contribution in [1.29, 1.82) is 0 Å². The van der Waals surface area contributed by atoms with Crippen LogP contribution in [0.1, 0.15) is 33.1 Å². The summed E-state index contributed by atoms with van der Waals surface area (Å²) in [7, 11) is 0. The molecule has 0 rings (SSSR count). The van der Waals surface area contributed by atoms with Gasteiger partial charge in [0.15, 0.2) is 0 Å². The fourth-order valence-electron chi connectivity index (χ4n) is 0.692. The largest absolute Gasteiger partial charge is 0.466 e. The zero-order valence-corrected chi connectivity index (χ0v) is 7.05. The lowest BCUT2D eigenvalue weighted by Gasteiger charge is -1.99. The number of Topliss-reactive ketones (excluding diaryl/α,β-unsaturated/α-hetero) is 1. The van der Waals surface area contributed by atoms with Gasteiger partial charge in [-0.25, -0.2) is 0 Å². The Hall–Kier alpha value is -0.860. The van der Waals surface area contributed by atoms with Crippen molar-refractivity contribution >= 4 is 11.8 Å². The Bertz CT molecular complexity index is 124. The maximum Gasteiger partial charge on any atom is 0.302 e. The third-order valence-electron chi connectivity index (χ3n) is 1.23. The van der Waals surface area contributed by atoms with Crippen LogP contribution in [-0.4, -0.2) is 18.4 Å². The number of ether oxygens (including phenoxy) is 1. The van der Waals surface area contributed by atoms with Gasteiger partial charge >= 0.3 is 5.97 Å². The maximum atomic E-state index is 10.4. The molecule has 0 N–H and O–H groups in total. The van der Waals surface area contributed by atoms with E-state index in [2.05, 4.69) is 4.74 Å². The standard InChI is InChI=1S/C8H14O3/c1-7(9)5-3-4-6-11-8(2)10/h3-6H2,1-2H3. The van der Waals surface area contributed by atoms with Gasteiger partial charge in [0.1, 0.15) is 5.78 Å². The molecule has 0 atom stereocenters. The lowest BCUT2D eigenvalue weighted by Crippen LogP contribution is -2.01. The van der Waals surface area contributed by atoms with E-state index < -0.39 is 0 Å². The minimum Gasteiger partial charge on any atom is -0.466 e. The van der Waals surface area contributed by atoms with Gasteiger partial charge in [0.05, 0.1) is 6.61 Å². The Morgan fingerprint density at radius 1 is 1.18 bits per heavy atom. The summed E-state index contributed by atoms with van der Waals surface area (Å²) in [5, 5.41) is 0. The van der Waals surface area contributed by atoms with E-state index in [9.17, 15) is 9.59 Å². The topological polar surface area (TPSA) is 43.4 Å². The Balaban J connectivity index is 3.03. The molecule has 0 aliphatic rings. The van der Waals surface area contributed by atoms with E-state index in [-0.39, 0.29) is 11.8 Å². The summed E-state index contributed by atoms with van der Waals surface area (Å²) in [5.74, 6) is -0.0688. The molecular formula is C8H14O3. The van der Waals surface area contributed by atoms with Gasteiger partial charge < -0.3 is 9.53 Å². The third kappa shape index (κ3) is 9.14. The highest BCUT2D eigenvalue weighted by atomic mass is 16.5. The number of unbranched alkanes of at least 4 members (excludes halogenated alkanes) is 1. The van der Waals surface area contributed by atoms with Crippen molar-refractivity contribution in [1.82, 2.24) is 0 Å². The summed E-state index contributed by atoms with van der Waals surface area (Å²) in [5.41, 5.74) is 0. The van der Waals surface area contributed by atoms with E-state index >= 15 is 0 Å². The van der Waals surface area contributed by atoms with Crippen LogP contribution in [0.4, 0.5) is 0 Å². The molecule has 0 saturated carbocycles. The Labute approximate surface area is 66.7 Å². The van der Waals surface area contributed by atoms with Crippen LogP contribution in [-0.2, 0) is 14.3 Å². The molecule has 64 valence electrons. The predicted octanol–water partition coefficient (Wildman–Crippen LogP) is 1.31. The molecule has 3 heteroatoms. The molecule has 0 unspecified atom stereocenters. The molecule has 0 aromatic carbocycles. The van der Waals surface area contributed by atoms with Gasteiger partial charge in [-0.15, -0.1) is 0 Å². The normalized spacial score (nSPS) is 9.27. The number of rotatable bonds is 5. The van der Waals surface area contributed by atoms with Crippen LogP contribution in [0, 0.1) is 0 Å². The van der Waals surface area contributed by atoms with Crippen LogP contribution in [0.25, 0.3) is 0 Å². The number of hydrogen-bond donors (Lipinski definition) is 0. The van der Waals surface area contributed by atoms with Gasteiger partial charge in [0, 0.05) is 13.3 Å². The van der Waals surface area contributed by atoms with E-state index in [0.717, 1.165) is 12.8 Å². The lowest BCUT2D eigenvalue weighted by molar-refractivity contribution is -0.141. The van der Waals surface area contributed by atoms with Gasteiger partial charge in [-0.2, -0.15) is 0 Å². The van der Waals surface area contributed by atoms with E-state index in [0.29, 0.717) is 13.0 Å². The summed E-state index contributed by atoms with van der Waals surface area (Å²) in [6.45, 7) is 3.37. The number of ketones is 1. The van der Waals surface area contributed by atoms with Crippen LogP contribution < -0.4 is 0 Å². The molecule has 0 bridgehead atoms. The zero-order valence-electron chi connectivity index (χ0n) is 7.05. The number of hydrogen-bond acceptors (Lipinski definition) is 3. The smallest absolute Gasteiger partial charge is 0.302 e. The quantitative estimate of drug-likeness (QED) is 0.447. The number of esters is 1. The van der Waals surface area contributed by atoms with Crippen molar-refractivity contribution in [2.24, 2.45) is 0 Å². The van der Waals surface area contributed by atoms with Gasteiger partial charge in [-0.05, 0) is 19.8 Å². The van der Waals surface area contributed by atoms with Crippen LogP contribution in [0.5, 0.6) is 0 Å². The molecule has 0 aliphatic carbocycles. The van der Waals surface area contributed by atoms with Crippen molar-refractivity contribution in [2.75, 3.05) is 6.61 Å². The molecule has 0 amide bonds. The highest BCUT2D eigenvalue weighted by molar-refractivity contribution is 5.75. The number of carbonyl (C=O) groups is 2. The molecule has 0 spiro atoms. The molecule has 0 radical (unpaired) electrons. The summed E-state index contributed by atoms with van der Waals surface area (Å²) in [6.07, 6.45) is 2.17. The molecule has 0 heterocycles. The maximum absolute atomic E-state index is 10.4. The first-order chi connectivity index (χ1) is 5.13. The van der Waals surface area contributed by atoms with E-state index in [1.165, 1.54) is 6.92 Å². The van der Waals surface area contributed by atoms with Crippen LogP contribution >= 0.6 is 0 Å². The van der Waals surface area contributed by atoms with Crippen molar-refractivity contribution in [2.45, 2.75) is 33.1 Å². The van der Waals surface area contributed by atoms with Crippen LogP contribution in [0.15, 0.2) is 0 Å². The summed E-state index contributed by atoms with van der Waals surface area (Å²) in [4.78, 5) is 20.7. The van der Waals surface area contributed by atoms with Crippen molar-refractivity contribution in [3.05, 3.63) is 0 Å².